The molecule has 0 bridgehead atoms. The van der Waals surface area contributed by atoms with Crippen LogP contribution in [0.4, 0.5) is 0 Å². The molecule has 1 atom stereocenters. The van der Waals surface area contributed by atoms with Gasteiger partial charge in [-0.3, -0.25) is 20.4 Å². The van der Waals surface area contributed by atoms with Crippen molar-refractivity contribution in [1.29, 1.82) is 0 Å². The first-order valence-electron chi connectivity index (χ1n) is 4.74. The van der Waals surface area contributed by atoms with Gasteiger partial charge in [-0.15, -0.1) is 11.3 Å². The van der Waals surface area contributed by atoms with Gasteiger partial charge in [-0.25, -0.2) is 0 Å². The lowest BCUT2D eigenvalue weighted by atomic mass is 10.4. The highest BCUT2D eigenvalue weighted by atomic mass is 32.1. The van der Waals surface area contributed by atoms with Crippen molar-refractivity contribution in [3.63, 3.8) is 0 Å². The quantitative estimate of drug-likeness (QED) is 0.772. The standard InChI is InChI=1S/C10H14N2O3S/c1-6-4-5-8(16-6)10(14)12-11-9(13)7(2)15-3/h4-5,7H,1-3H3,(H,11,13)(H,12,14)/t7-/m0/s1. The van der Waals surface area contributed by atoms with Crippen LogP contribution in [0.25, 0.3) is 0 Å². The first kappa shape index (κ1) is 12.7. The number of aryl methyl sites for hydroxylation is 1. The predicted molar refractivity (Wildman–Crippen MR) is 61.1 cm³/mol. The van der Waals surface area contributed by atoms with Crippen LogP contribution in [0.15, 0.2) is 12.1 Å². The number of carbonyl (C=O) groups excluding carboxylic acids is 2. The van der Waals surface area contributed by atoms with Crippen LogP contribution in [-0.4, -0.2) is 25.0 Å². The summed E-state index contributed by atoms with van der Waals surface area (Å²) in [4.78, 5) is 24.4. The third-order valence-electron chi connectivity index (χ3n) is 1.99. The molecule has 1 aromatic rings. The first-order chi connectivity index (χ1) is 7.54. The number of ether oxygens (including phenoxy) is 1. The first-order valence-corrected chi connectivity index (χ1v) is 5.55. The molecule has 0 aliphatic carbocycles. The molecule has 2 N–H and O–H groups in total. The number of rotatable bonds is 3. The van der Waals surface area contributed by atoms with E-state index in [2.05, 4.69) is 10.9 Å². The average Bonchev–Trinajstić information content (AvgIpc) is 2.71. The van der Waals surface area contributed by atoms with Crippen LogP contribution in [0, 0.1) is 6.92 Å². The molecule has 1 rings (SSSR count). The SMILES string of the molecule is CO[C@@H](C)C(=O)NNC(=O)c1ccc(C)s1. The molecule has 16 heavy (non-hydrogen) atoms. The normalized spacial score (nSPS) is 11.9. The van der Waals surface area contributed by atoms with E-state index in [9.17, 15) is 9.59 Å². The van der Waals surface area contributed by atoms with Gasteiger partial charge in [0.05, 0.1) is 4.88 Å². The Kier molecular flexibility index (Phi) is 4.45. The van der Waals surface area contributed by atoms with E-state index in [1.165, 1.54) is 18.4 Å². The van der Waals surface area contributed by atoms with E-state index < -0.39 is 6.10 Å². The van der Waals surface area contributed by atoms with Gasteiger partial charge in [0, 0.05) is 12.0 Å². The van der Waals surface area contributed by atoms with Crippen LogP contribution in [0.1, 0.15) is 21.5 Å². The summed E-state index contributed by atoms with van der Waals surface area (Å²) in [6.07, 6.45) is -0.592. The second-order valence-electron chi connectivity index (χ2n) is 3.23. The third-order valence-corrected chi connectivity index (χ3v) is 2.99. The van der Waals surface area contributed by atoms with Crippen molar-refractivity contribution in [3.8, 4) is 0 Å². The molecule has 0 aromatic carbocycles. The molecule has 0 saturated heterocycles. The summed E-state index contributed by atoms with van der Waals surface area (Å²) in [6.45, 7) is 3.50. The zero-order valence-electron chi connectivity index (χ0n) is 9.37. The second kappa shape index (κ2) is 5.62. The van der Waals surface area contributed by atoms with E-state index in [0.717, 1.165) is 4.88 Å². The van der Waals surface area contributed by atoms with Crippen molar-refractivity contribution >= 4 is 23.2 Å². The number of hydrogen-bond donors (Lipinski definition) is 2. The van der Waals surface area contributed by atoms with Crippen molar-refractivity contribution in [3.05, 3.63) is 21.9 Å². The molecule has 5 nitrogen and oxygen atoms in total. The molecule has 6 heteroatoms. The van der Waals surface area contributed by atoms with Crippen molar-refractivity contribution < 1.29 is 14.3 Å². The summed E-state index contributed by atoms with van der Waals surface area (Å²) >= 11 is 1.37. The van der Waals surface area contributed by atoms with Crippen LogP contribution in [0.3, 0.4) is 0 Å². The van der Waals surface area contributed by atoms with Crippen LogP contribution in [0.2, 0.25) is 0 Å². The summed E-state index contributed by atoms with van der Waals surface area (Å²) in [6, 6.07) is 3.56. The maximum Gasteiger partial charge on any atom is 0.279 e. The number of hydrogen-bond acceptors (Lipinski definition) is 4. The Hall–Kier alpha value is -1.40. The molecule has 0 fully saturated rings. The van der Waals surface area contributed by atoms with Gasteiger partial charge in [-0.2, -0.15) is 0 Å². The van der Waals surface area contributed by atoms with E-state index in [1.807, 2.05) is 13.0 Å². The molecule has 0 aliphatic heterocycles. The zero-order valence-corrected chi connectivity index (χ0v) is 10.2. The number of carbonyl (C=O) groups is 2. The van der Waals surface area contributed by atoms with Gasteiger partial charge in [0.15, 0.2) is 0 Å². The molecular formula is C10H14N2O3S. The van der Waals surface area contributed by atoms with E-state index in [1.54, 1.807) is 13.0 Å². The Morgan fingerprint density at radius 2 is 2.06 bits per heavy atom. The lowest BCUT2D eigenvalue weighted by molar-refractivity contribution is -0.130. The highest BCUT2D eigenvalue weighted by molar-refractivity contribution is 7.13. The summed E-state index contributed by atoms with van der Waals surface area (Å²) in [5, 5.41) is 0. The minimum absolute atomic E-state index is 0.324. The van der Waals surface area contributed by atoms with Gasteiger partial charge in [0.2, 0.25) is 0 Å². The molecular weight excluding hydrogens is 228 g/mol. The second-order valence-corrected chi connectivity index (χ2v) is 4.52. The van der Waals surface area contributed by atoms with Crippen LogP contribution < -0.4 is 10.9 Å². The Balaban J connectivity index is 2.44. The summed E-state index contributed by atoms with van der Waals surface area (Å²) in [7, 11) is 1.43. The molecule has 0 spiro atoms. The molecule has 88 valence electrons. The van der Waals surface area contributed by atoms with Crippen molar-refractivity contribution in [2.45, 2.75) is 20.0 Å². The highest BCUT2D eigenvalue weighted by Gasteiger charge is 2.13. The maximum atomic E-state index is 11.5. The minimum atomic E-state index is -0.592. The Bertz CT molecular complexity index is 389. The topological polar surface area (TPSA) is 67.4 Å². The van der Waals surface area contributed by atoms with E-state index in [0.29, 0.717) is 4.88 Å². The Morgan fingerprint density at radius 1 is 1.38 bits per heavy atom. The largest absolute Gasteiger partial charge is 0.372 e. The van der Waals surface area contributed by atoms with Gasteiger partial charge in [-0.05, 0) is 26.0 Å². The number of thiophene rings is 1. The highest BCUT2D eigenvalue weighted by Crippen LogP contribution is 2.14. The van der Waals surface area contributed by atoms with Gasteiger partial charge < -0.3 is 4.74 Å². The minimum Gasteiger partial charge on any atom is -0.372 e. The van der Waals surface area contributed by atoms with Crippen LogP contribution >= 0.6 is 11.3 Å². The summed E-state index contributed by atoms with van der Waals surface area (Å²) < 4.78 is 4.79. The fourth-order valence-corrected chi connectivity index (χ4v) is 1.71. The van der Waals surface area contributed by atoms with E-state index in [-0.39, 0.29) is 11.8 Å². The summed E-state index contributed by atoms with van der Waals surface area (Å²) in [5.41, 5.74) is 4.60. The monoisotopic (exact) mass is 242 g/mol. The van der Waals surface area contributed by atoms with Gasteiger partial charge in [0.1, 0.15) is 6.10 Å². The van der Waals surface area contributed by atoms with Gasteiger partial charge >= 0.3 is 0 Å². The lowest BCUT2D eigenvalue weighted by Gasteiger charge is -2.10. The zero-order chi connectivity index (χ0) is 12.1. The number of amides is 2. The number of methoxy groups -OCH3 is 1. The van der Waals surface area contributed by atoms with Crippen LogP contribution in [-0.2, 0) is 9.53 Å². The number of nitrogens with one attached hydrogen (secondary N) is 2. The fraction of sp³-hybridized carbons (Fsp3) is 0.400. The molecule has 1 aromatic heterocycles. The fourth-order valence-electron chi connectivity index (χ4n) is 0.945. The van der Waals surface area contributed by atoms with Crippen molar-refractivity contribution in [2.75, 3.05) is 7.11 Å². The number of hydrazine groups is 1. The molecule has 0 aliphatic rings. The van der Waals surface area contributed by atoms with Crippen LogP contribution in [0.5, 0.6) is 0 Å². The summed E-state index contributed by atoms with van der Waals surface area (Å²) in [5.74, 6) is -0.709. The van der Waals surface area contributed by atoms with E-state index in [4.69, 9.17) is 4.74 Å². The maximum absolute atomic E-state index is 11.5. The lowest BCUT2D eigenvalue weighted by Crippen LogP contribution is -2.45. The van der Waals surface area contributed by atoms with Gasteiger partial charge in [-0.1, -0.05) is 0 Å². The molecule has 0 saturated carbocycles. The smallest absolute Gasteiger partial charge is 0.279 e. The van der Waals surface area contributed by atoms with Crippen molar-refractivity contribution in [1.82, 2.24) is 10.9 Å². The third kappa shape index (κ3) is 3.32. The van der Waals surface area contributed by atoms with Crippen molar-refractivity contribution in [2.24, 2.45) is 0 Å². The Morgan fingerprint density at radius 3 is 2.56 bits per heavy atom. The van der Waals surface area contributed by atoms with Gasteiger partial charge in [0.25, 0.3) is 11.8 Å². The molecule has 0 unspecified atom stereocenters. The molecule has 2 amide bonds. The Labute approximate surface area is 97.8 Å². The molecule has 0 radical (unpaired) electrons. The average molecular weight is 242 g/mol. The van der Waals surface area contributed by atoms with E-state index >= 15 is 0 Å². The predicted octanol–water partition coefficient (Wildman–Crippen LogP) is 0.852. The molecule has 1 heterocycles.